The zero-order chi connectivity index (χ0) is 25.0. The predicted octanol–water partition coefficient (Wildman–Crippen LogP) is 3.64. The number of hydrogen-bond donors (Lipinski definition) is 0. The second-order valence-corrected chi connectivity index (χ2v) is 20.8. The molecular formula is C19H36O9P2S2Si-2. The Morgan fingerprint density at radius 3 is 2.15 bits per heavy atom. The van der Waals surface area contributed by atoms with Gasteiger partial charge in [-0.2, -0.15) is 0 Å². The second kappa shape index (κ2) is 10.1. The van der Waals surface area contributed by atoms with E-state index in [9.17, 15) is 9.46 Å². The van der Waals surface area contributed by atoms with Gasteiger partial charge in [-0.1, -0.05) is 39.5 Å². The van der Waals surface area contributed by atoms with Crippen LogP contribution in [0.2, 0.25) is 18.1 Å². The highest BCUT2D eigenvalue weighted by atomic mass is 32.7. The van der Waals surface area contributed by atoms with Gasteiger partial charge in [0.05, 0.1) is 31.5 Å². The summed E-state index contributed by atoms with van der Waals surface area (Å²) in [5.41, 5.74) is 0. The van der Waals surface area contributed by atoms with E-state index < -0.39 is 58.5 Å². The van der Waals surface area contributed by atoms with Crippen LogP contribution in [0.4, 0.5) is 0 Å². The molecule has 3 aliphatic heterocycles. The van der Waals surface area contributed by atoms with E-state index in [2.05, 4.69) is 33.9 Å². The lowest BCUT2D eigenvalue weighted by Crippen LogP contribution is -2.50. The average molecular weight is 563 g/mol. The van der Waals surface area contributed by atoms with Crippen LogP contribution >= 0.6 is 13.5 Å². The molecule has 4 unspecified atom stereocenters. The summed E-state index contributed by atoms with van der Waals surface area (Å²) < 4.78 is 54.1. The summed E-state index contributed by atoms with van der Waals surface area (Å²) in [6.45, 7) is 7.99. The molecule has 0 aromatic carbocycles. The Labute approximate surface area is 208 Å². The van der Waals surface area contributed by atoms with Crippen LogP contribution in [0.25, 0.3) is 0 Å². The van der Waals surface area contributed by atoms with Gasteiger partial charge in [-0.05, 0) is 32.0 Å². The number of ether oxygens (including phenoxy) is 2. The largest absolute Gasteiger partial charge is 0.780 e. The first kappa shape index (κ1) is 28.7. The van der Waals surface area contributed by atoms with Crippen molar-refractivity contribution >= 4 is 45.9 Å². The Bertz CT molecular complexity index is 811. The fourth-order valence-corrected chi connectivity index (χ4v) is 8.20. The van der Waals surface area contributed by atoms with E-state index in [-0.39, 0.29) is 30.3 Å². The molecule has 3 fully saturated rings. The summed E-state index contributed by atoms with van der Waals surface area (Å²) in [5, 5.41) is -0.0762. The maximum Gasteiger partial charge on any atom is 0.200 e. The third-order valence-corrected chi connectivity index (χ3v) is 14.6. The van der Waals surface area contributed by atoms with Crippen molar-refractivity contribution in [3.63, 3.8) is 0 Å². The van der Waals surface area contributed by atoms with Crippen LogP contribution in [-0.4, -0.2) is 64.3 Å². The van der Waals surface area contributed by atoms with Crippen LogP contribution < -0.4 is 4.89 Å². The van der Waals surface area contributed by atoms with Gasteiger partial charge in [0.1, 0.15) is 31.1 Å². The highest BCUT2D eigenvalue weighted by Gasteiger charge is 2.51. The van der Waals surface area contributed by atoms with E-state index >= 15 is 0 Å². The zero-order valence-electron chi connectivity index (χ0n) is 20.4. The lowest BCUT2D eigenvalue weighted by molar-refractivity contribution is -0.217. The van der Waals surface area contributed by atoms with Crippen LogP contribution in [-0.2, 0) is 60.6 Å². The third kappa shape index (κ3) is 6.72. The molecule has 0 bridgehead atoms. The highest BCUT2D eigenvalue weighted by Crippen LogP contribution is 2.53. The maximum atomic E-state index is 13.2. The molecule has 0 radical (unpaired) electrons. The van der Waals surface area contributed by atoms with Gasteiger partial charge in [-0.25, -0.2) is 0 Å². The lowest BCUT2D eigenvalue weighted by Gasteiger charge is -2.42. The van der Waals surface area contributed by atoms with E-state index in [0.717, 1.165) is 0 Å². The molecule has 0 aromatic rings. The molecule has 33 heavy (non-hydrogen) atoms. The van der Waals surface area contributed by atoms with Gasteiger partial charge in [0, 0.05) is 5.92 Å². The summed E-state index contributed by atoms with van der Waals surface area (Å²) in [6, 6.07) is 0. The van der Waals surface area contributed by atoms with Crippen molar-refractivity contribution in [2.75, 3.05) is 13.2 Å². The summed E-state index contributed by atoms with van der Waals surface area (Å²) in [7, 11) is -2.25. The molecule has 0 aromatic heterocycles. The molecule has 14 heteroatoms. The van der Waals surface area contributed by atoms with Crippen molar-refractivity contribution in [1.82, 2.24) is 0 Å². The fourth-order valence-electron chi connectivity index (χ4n) is 3.92. The third-order valence-electron chi connectivity index (χ3n) is 7.09. The summed E-state index contributed by atoms with van der Waals surface area (Å²) >= 11 is 10.4. The van der Waals surface area contributed by atoms with E-state index in [1.807, 2.05) is 20.8 Å². The Balaban J connectivity index is 1.88. The first-order valence-electron chi connectivity index (χ1n) is 11.2. The summed E-state index contributed by atoms with van der Waals surface area (Å²) in [5.74, 6) is -0.135. The second-order valence-electron chi connectivity index (χ2n) is 10.6. The summed E-state index contributed by atoms with van der Waals surface area (Å²) in [4.78, 5) is 13.2. The molecule has 194 valence electrons. The van der Waals surface area contributed by atoms with Crippen molar-refractivity contribution in [2.24, 2.45) is 5.92 Å². The number of rotatable bonds is 2. The van der Waals surface area contributed by atoms with E-state index in [1.54, 1.807) is 0 Å². The van der Waals surface area contributed by atoms with E-state index in [4.69, 9.17) is 56.1 Å². The van der Waals surface area contributed by atoms with Crippen molar-refractivity contribution in [1.29, 1.82) is 0 Å². The summed E-state index contributed by atoms with van der Waals surface area (Å²) in [6.07, 6.45) is -4.13. The Hall–Kier alpha value is 1.13. The Morgan fingerprint density at radius 2 is 1.55 bits per heavy atom. The van der Waals surface area contributed by atoms with Crippen LogP contribution in [0.5, 0.6) is 0 Å². The SMILES string of the molecule is CC1[C@H](C)O[C@@H]2COP([O-])(=S)OC3[C@@H](COP(=O)([S-])O[C@H]12)O[C@@H](C)[C@H]3O[Si](C)(C)C(C)(C)C. The Morgan fingerprint density at radius 1 is 1.00 bits per heavy atom. The van der Waals surface area contributed by atoms with Crippen LogP contribution in [0.1, 0.15) is 41.5 Å². The lowest BCUT2D eigenvalue weighted by atomic mass is 10.00. The molecular weight excluding hydrogens is 526 g/mol. The number of fused-ring (bicyclic) bond motifs is 2. The van der Waals surface area contributed by atoms with Crippen LogP contribution in [0, 0.1) is 5.92 Å². The van der Waals surface area contributed by atoms with Gasteiger partial charge in [0.2, 0.25) is 0 Å². The average Bonchev–Trinajstić information content (AvgIpc) is 3.07. The van der Waals surface area contributed by atoms with Crippen molar-refractivity contribution < 1.29 is 41.5 Å². The zero-order valence-corrected chi connectivity index (χ0v) is 24.8. The molecule has 0 saturated carbocycles. The topological polar surface area (TPSA) is 105 Å². The van der Waals surface area contributed by atoms with Gasteiger partial charge in [0.25, 0.3) is 0 Å². The highest BCUT2D eigenvalue weighted by molar-refractivity contribution is 8.32. The van der Waals surface area contributed by atoms with Gasteiger partial charge < -0.3 is 49.1 Å². The van der Waals surface area contributed by atoms with E-state index in [0.29, 0.717) is 0 Å². The molecule has 0 aliphatic carbocycles. The minimum atomic E-state index is -3.95. The molecule has 3 saturated heterocycles. The van der Waals surface area contributed by atoms with Crippen molar-refractivity contribution in [3.8, 4) is 0 Å². The molecule has 3 aliphatic rings. The smallest absolute Gasteiger partial charge is 0.200 e. The predicted molar refractivity (Wildman–Crippen MR) is 131 cm³/mol. The monoisotopic (exact) mass is 562 g/mol. The molecule has 0 amide bonds. The first-order chi connectivity index (χ1) is 14.9. The van der Waals surface area contributed by atoms with Crippen LogP contribution in [0.3, 0.4) is 0 Å². The minimum Gasteiger partial charge on any atom is -0.780 e. The first-order valence-corrected chi connectivity index (χ1v) is 19.2. The quantitative estimate of drug-likeness (QED) is 0.280. The van der Waals surface area contributed by atoms with Crippen molar-refractivity contribution in [2.45, 2.75) is 102 Å². The standard InChI is InChI=1S/C19H38O9P2S2Si/c1-11-12(2)24-14-9-22-30(21,32)27-18-15(10-23-29(20,31)26-16(11)14)25-13(3)17(18)28-33(7,8)19(4,5)6/h11-18H,9-10H2,1-8H3,(H,20,31)(H,21,32)/p-2/t11?,12-,13-,14+,15+,16+,17+,18?,29?,30?/m0/s1. The van der Waals surface area contributed by atoms with E-state index in [1.165, 1.54) is 0 Å². The minimum absolute atomic E-state index is 0.0762. The Kier molecular flexibility index (Phi) is 8.80. The molecule has 3 heterocycles. The van der Waals surface area contributed by atoms with Crippen LogP contribution in [0.15, 0.2) is 0 Å². The molecule has 3 rings (SSSR count). The number of hydrogen-bond acceptors (Lipinski definition) is 11. The normalized spacial score (nSPS) is 47.9. The van der Waals surface area contributed by atoms with Crippen molar-refractivity contribution in [3.05, 3.63) is 0 Å². The molecule has 10 atom stereocenters. The molecule has 0 N–H and O–H groups in total. The molecule has 0 spiro atoms. The van der Waals surface area contributed by atoms with Gasteiger partial charge in [-0.3, -0.25) is 4.57 Å². The van der Waals surface area contributed by atoms with Gasteiger partial charge >= 0.3 is 0 Å². The maximum absolute atomic E-state index is 13.2. The molecule has 9 nitrogen and oxygen atoms in total. The fraction of sp³-hybridized carbons (Fsp3) is 1.00. The van der Waals surface area contributed by atoms with Gasteiger partial charge in [-0.15, -0.1) is 0 Å². The van der Waals surface area contributed by atoms with Gasteiger partial charge in [0.15, 0.2) is 15.1 Å².